The van der Waals surface area contributed by atoms with Gasteiger partial charge in [0, 0.05) is 50.0 Å². The van der Waals surface area contributed by atoms with Gasteiger partial charge in [-0.15, -0.1) is 0 Å². The van der Waals surface area contributed by atoms with Crippen molar-refractivity contribution in [2.45, 2.75) is 25.1 Å². The molecule has 29 heavy (non-hydrogen) atoms. The monoisotopic (exact) mass is 427 g/mol. The summed E-state index contributed by atoms with van der Waals surface area (Å²) in [4.78, 5) is 16.6. The average molecular weight is 428 g/mol. The number of halogens is 4. The molecule has 2 aromatic rings. The Bertz CT molecular complexity index is 852. The van der Waals surface area contributed by atoms with E-state index in [1.165, 1.54) is 6.07 Å². The molecule has 6 nitrogen and oxygen atoms in total. The first kappa shape index (κ1) is 20.3. The van der Waals surface area contributed by atoms with Crippen LogP contribution in [0.2, 0.25) is 5.15 Å². The van der Waals surface area contributed by atoms with E-state index >= 15 is 0 Å². The summed E-state index contributed by atoms with van der Waals surface area (Å²) < 4.78 is 44.3. The first-order valence-corrected chi connectivity index (χ1v) is 9.93. The Balaban J connectivity index is 1.51. The number of rotatable bonds is 3. The van der Waals surface area contributed by atoms with Crippen molar-refractivity contribution in [2.24, 2.45) is 0 Å². The van der Waals surface area contributed by atoms with Crippen LogP contribution in [0.1, 0.15) is 18.5 Å². The van der Waals surface area contributed by atoms with Crippen molar-refractivity contribution in [3.05, 3.63) is 35.2 Å². The van der Waals surface area contributed by atoms with Crippen LogP contribution in [-0.2, 0) is 10.9 Å². The first-order chi connectivity index (χ1) is 13.9. The SMILES string of the molecule is FC(F)(F)c1cc(-c2nc(Cl)cc(N3CCC(N4CCOCC4)CC3)n2)ccn1. The van der Waals surface area contributed by atoms with Crippen molar-refractivity contribution in [2.75, 3.05) is 44.3 Å². The van der Waals surface area contributed by atoms with E-state index in [0.29, 0.717) is 11.9 Å². The Labute approximate surface area is 171 Å². The highest BCUT2D eigenvalue weighted by Crippen LogP contribution is 2.31. The summed E-state index contributed by atoms with van der Waals surface area (Å²) in [7, 11) is 0. The number of hydrogen-bond acceptors (Lipinski definition) is 6. The minimum atomic E-state index is -4.53. The summed E-state index contributed by atoms with van der Waals surface area (Å²) >= 11 is 6.16. The maximum atomic E-state index is 13.0. The Morgan fingerprint density at radius 1 is 1.03 bits per heavy atom. The number of piperidine rings is 1. The van der Waals surface area contributed by atoms with Gasteiger partial charge in [-0.05, 0) is 25.0 Å². The van der Waals surface area contributed by atoms with Gasteiger partial charge in [-0.1, -0.05) is 11.6 Å². The number of morpholine rings is 1. The molecular formula is C19H21ClF3N5O. The molecule has 0 unspecified atom stereocenters. The number of aromatic nitrogens is 3. The zero-order valence-electron chi connectivity index (χ0n) is 15.7. The van der Waals surface area contributed by atoms with E-state index in [2.05, 4.69) is 24.8 Å². The average Bonchev–Trinajstić information content (AvgIpc) is 2.73. The maximum Gasteiger partial charge on any atom is 0.433 e. The molecule has 4 rings (SSSR count). The maximum absolute atomic E-state index is 13.0. The molecule has 10 heteroatoms. The topological polar surface area (TPSA) is 54.4 Å². The molecule has 2 aliphatic rings. The van der Waals surface area contributed by atoms with E-state index in [-0.39, 0.29) is 16.5 Å². The molecule has 2 fully saturated rings. The van der Waals surface area contributed by atoms with Crippen molar-refractivity contribution >= 4 is 17.4 Å². The van der Waals surface area contributed by atoms with Crippen LogP contribution in [0.4, 0.5) is 19.0 Å². The van der Waals surface area contributed by atoms with Gasteiger partial charge in [-0.25, -0.2) is 9.97 Å². The second-order valence-electron chi connectivity index (χ2n) is 7.17. The van der Waals surface area contributed by atoms with Crippen LogP contribution in [0.3, 0.4) is 0 Å². The molecule has 2 aliphatic heterocycles. The van der Waals surface area contributed by atoms with E-state index in [1.807, 2.05) is 0 Å². The molecule has 0 atom stereocenters. The zero-order valence-corrected chi connectivity index (χ0v) is 16.5. The molecule has 4 heterocycles. The minimum absolute atomic E-state index is 0.163. The molecule has 0 aromatic carbocycles. The van der Waals surface area contributed by atoms with Gasteiger partial charge in [0.25, 0.3) is 0 Å². The van der Waals surface area contributed by atoms with Crippen LogP contribution in [0.5, 0.6) is 0 Å². The van der Waals surface area contributed by atoms with Gasteiger partial charge in [-0.2, -0.15) is 13.2 Å². The Morgan fingerprint density at radius 3 is 2.45 bits per heavy atom. The minimum Gasteiger partial charge on any atom is -0.379 e. The number of pyridine rings is 1. The van der Waals surface area contributed by atoms with Crippen LogP contribution < -0.4 is 4.90 Å². The fraction of sp³-hybridized carbons (Fsp3) is 0.526. The molecule has 0 radical (unpaired) electrons. The molecule has 0 bridgehead atoms. The van der Waals surface area contributed by atoms with Gasteiger partial charge >= 0.3 is 6.18 Å². The molecular weight excluding hydrogens is 407 g/mol. The van der Waals surface area contributed by atoms with Gasteiger partial charge in [0.1, 0.15) is 16.7 Å². The Kier molecular flexibility index (Phi) is 5.89. The molecule has 0 N–H and O–H groups in total. The van der Waals surface area contributed by atoms with Gasteiger partial charge in [0.05, 0.1) is 13.2 Å². The van der Waals surface area contributed by atoms with E-state index in [9.17, 15) is 13.2 Å². The van der Waals surface area contributed by atoms with Crippen LogP contribution in [-0.4, -0.2) is 65.3 Å². The smallest absolute Gasteiger partial charge is 0.379 e. The van der Waals surface area contributed by atoms with Crippen molar-refractivity contribution in [1.29, 1.82) is 0 Å². The zero-order chi connectivity index (χ0) is 20.4. The van der Waals surface area contributed by atoms with E-state index in [4.69, 9.17) is 16.3 Å². The molecule has 2 aromatic heterocycles. The molecule has 0 aliphatic carbocycles. The van der Waals surface area contributed by atoms with Gasteiger partial charge in [0.2, 0.25) is 0 Å². The predicted molar refractivity (Wildman–Crippen MR) is 103 cm³/mol. The van der Waals surface area contributed by atoms with Gasteiger partial charge < -0.3 is 9.64 Å². The van der Waals surface area contributed by atoms with E-state index in [1.54, 1.807) is 6.07 Å². The van der Waals surface area contributed by atoms with Crippen molar-refractivity contribution in [3.63, 3.8) is 0 Å². The largest absolute Gasteiger partial charge is 0.433 e. The second kappa shape index (κ2) is 8.41. The Morgan fingerprint density at radius 2 is 1.76 bits per heavy atom. The predicted octanol–water partition coefficient (Wildman–Crippen LogP) is 3.51. The van der Waals surface area contributed by atoms with E-state index < -0.39 is 11.9 Å². The standard InChI is InChI=1S/C19H21ClF3N5O/c20-16-12-17(28-5-2-14(3-6-28)27-7-9-29-10-8-27)26-18(25-16)13-1-4-24-15(11-13)19(21,22)23/h1,4,11-12,14H,2-3,5-10H2. The number of alkyl halides is 3. The van der Waals surface area contributed by atoms with Crippen molar-refractivity contribution in [3.8, 4) is 11.4 Å². The van der Waals surface area contributed by atoms with Crippen LogP contribution >= 0.6 is 11.6 Å². The summed E-state index contributed by atoms with van der Waals surface area (Å²) in [5, 5.41) is 0.200. The summed E-state index contributed by atoms with van der Waals surface area (Å²) in [6.07, 6.45) is -1.44. The third kappa shape index (κ3) is 4.79. The fourth-order valence-electron chi connectivity index (χ4n) is 3.82. The van der Waals surface area contributed by atoms with Crippen molar-refractivity contribution < 1.29 is 17.9 Å². The Hall–Kier alpha value is -1.97. The number of ether oxygens (including phenoxy) is 1. The number of hydrogen-bond donors (Lipinski definition) is 0. The van der Waals surface area contributed by atoms with Gasteiger partial charge in [-0.3, -0.25) is 9.88 Å². The summed E-state index contributed by atoms with van der Waals surface area (Å²) in [6, 6.07) is 4.57. The molecule has 0 spiro atoms. The van der Waals surface area contributed by atoms with Crippen LogP contribution in [0.15, 0.2) is 24.4 Å². The first-order valence-electron chi connectivity index (χ1n) is 9.55. The van der Waals surface area contributed by atoms with Crippen LogP contribution in [0.25, 0.3) is 11.4 Å². The van der Waals surface area contributed by atoms with Gasteiger partial charge in [0.15, 0.2) is 5.82 Å². The molecule has 0 saturated carbocycles. The number of anilines is 1. The van der Waals surface area contributed by atoms with Crippen molar-refractivity contribution in [1.82, 2.24) is 19.9 Å². The lowest BCUT2D eigenvalue weighted by molar-refractivity contribution is -0.141. The normalized spacial score (nSPS) is 19.5. The third-order valence-electron chi connectivity index (χ3n) is 5.34. The van der Waals surface area contributed by atoms with E-state index in [0.717, 1.165) is 64.5 Å². The highest BCUT2D eigenvalue weighted by Gasteiger charge is 2.33. The summed E-state index contributed by atoms with van der Waals surface area (Å²) in [5.41, 5.74) is -0.745. The lowest BCUT2D eigenvalue weighted by atomic mass is 10.0. The highest BCUT2D eigenvalue weighted by molar-refractivity contribution is 6.29. The molecule has 2 saturated heterocycles. The highest BCUT2D eigenvalue weighted by atomic mass is 35.5. The lowest BCUT2D eigenvalue weighted by Gasteiger charge is -2.40. The molecule has 156 valence electrons. The second-order valence-corrected chi connectivity index (χ2v) is 7.55. The quantitative estimate of drug-likeness (QED) is 0.699. The lowest BCUT2D eigenvalue weighted by Crippen LogP contribution is -2.49. The molecule has 0 amide bonds. The number of nitrogens with zero attached hydrogens (tertiary/aromatic N) is 5. The fourth-order valence-corrected chi connectivity index (χ4v) is 4.00. The third-order valence-corrected chi connectivity index (χ3v) is 5.53. The van der Waals surface area contributed by atoms with Crippen LogP contribution in [0, 0.1) is 0 Å². The summed E-state index contributed by atoms with van der Waals surface area (Å²) in [5.74, 6) is 0.793. The summed E-state index contributed by atoms with van der Waals surface area (Å²) in [6.45, 7) is 5.07.